The number of carbonyl (C=O) groups is 2. The number of rotatable bonds is 6. The molecule has 0 bridgehead atoms. The highest BCUT2D eigenvalue weighted by Crippen LogP contribution is 2.04. The van der Waals surface area contributed by atoms with E-state index < -0.39 is 17.4 Å². The SMILES string of the molecule is Cc1n[nH]c(=O)c(C(=O)NCCCCC(=O)O)c1C. The van der Waals surface area contributed by atoms with Crippen molar-refractivity contribution in [1.29, 1.82) is 0 Å². The van der Waals surface area contributed by atoms with Crippen molar-refractivity contribution >= 4 is 11.9 Å². The third kappa shape index (κ3) is 4.20. The Bertz CT molecular complexity index is 536. The summed E-state index contributed by atoms with van der Waals surface area (Å²) in [6.45, 7) is 3.71. The van der Waals surface area contributed by atoms with Gasteiger partial charge in [0.15, 0.2) is 0 Å². The minimum absolute atomic E-state index is 0.0609. The molecule has 0 aromatic carbocycles. The monoisotopic (exact) mass is 267 g/mol. The van der Waals surface area contributed by atoms with Gasteiger partial charge in [0, 0.05) is 13.0 Å². The molecule has 0 spiro atoms. The van der Waals surface area contributed by atoms with Gasteiger partial charge in [0.05, 0.1) is 5.69 Å². The molecule has 0 atom stereocenters. The largest absolute Gasteiger partial charge is 0.481 e. The Morgan fingerprint density at radius 1 is 1.32 bits per heavy atom. The number of aromatic amines is 1. The van der Waals surface area contributed by atoms with E-state index >= 15 is 0 Å². The zero-order chi connectivity index (χ0) is 14.4. The predicted molar refractivity (Wildman–Crippen MR) is 68.2 cm³/mol. The minimum Gasteiger partial charge on any atom is -0.481 e. The minimum atomic E-state index is -0.858. The van der Waals surface area contributed by atoms with Crippen LogP contribution < -0.4 is 10.9 Å². The molecule has 0 aliphatic carbocycles. The summed E-state index contributed by atoms with van der Waals surface area (Å²) >= 11 is 0. The first-order valence-electron chi connectivity index (χ1n) is 5.99. The van der Waals surface area contributed by atoms with Crippen LogP contribution in [0.5, 0.6) is 0 Å². The molecule has 1 aromatic heterocycles. The van der Waals surface area contributed by atoms with Gasteiger partial charge in [-0.1, -0.05) is 0 Å². The van der Waals surface area contributed by atoms with Crippen molar-refractivity contribution in [2.45, 2.75) is 33.1 Å². The van der Waals surface area contributed by atoms with Gasteiger partial charge in [-0.05, 0) is 32.3 Å². The van der Waals surface area contributed by atoms with Gasteiger partial charge in [0.25, 0.3) is 11.5 Å². The number of carboxylic acid groups (broad SMARTS) is 1. The van der Waals surface area contributed by atoms with E-state index in [4.69, 9.17) is 5.11 Å². The lowest BCUT2D eigenvalue weighted by Gasteiger charge is -2.07. The maximum Gasteiger partial charge on any atom is 0.303 e. The van der Waals surface area contributed by atoms with Crippen molar-refractivity contribution in [3.8, 4) is 0 Å². The first-order valence-corrected chi connectivity index (χ1v) is 5.99. The van der Waals surface area contributed by atoms with Gasteiger partial charge in [-0.15, -0.1) is 0 Å². The molecular formula is C12H17N3O4. The number of H-pyrrole nitrogens is 1. The van der Waals surface area contributed by atoms with Crippen LogP contribution >= 0.6 is 0 Å². The lowest BCUT2D eigenvalue weighted by atomic mass is 10.1. The Labute approximate surface area is 110 Å². The van der Waals surface area contributed by atoms with Crippen molar-refractivity contribution in [1.82, 2.24) is 15.5 Å². The maximum atomic E-state index is 11.9. The maximum absolute atomic E-state index is 11.9. The summed E-state index contributed by atoms with van der Waals surface area (Å²) in [6.07, 6.45) is 1.11. The number of aliphatic carboxylic acids is 1. The van der Waals surface area contributed by atoms with Gasteiger partial charge in [-0.3, -0.25) is 14.4 Å². The quantitative estimate of drug-likeness (QED) is 0.645. The van der Waals surface area contributed by atoms with E-state index in [0.717, 1.165) is 0 Å². The fourth-order valence-corrected chi connectivity index (χ4v) is 1.59. The first-order chi connectivity index (χ1) is 8.93. The molecule has 7 heteroatoms. The molecule has 0 radical (unpaired) electrons. The van der Waals surface area contributed by atoms with Crippen LogP contribution in [0.2, 0.25) is 0 Å². The van der Waals surface area contributed by atoms with Crippen LogP contribution in [0.1, 0.15) is 40.9 Å². The molecule has 0 unspecified atom stereocenters. The fraction of sp³-hybridized carbons (Fsp3) is 0.500. The summed E-state index contributed by atoms with van der Waals surface area (Å²) < 4.78 is 0. The number of hydrogen-bond donors (Lipinski definition) is 3. The Morgan fingerprint density at radius 3 is 2.63 bits per heavy atom. The lowest BCUT2D eigenvalue weighted by Crippen LogP contribution is -2.32. The Hall–Kier alpha value is -2.18. The van der Waals surface area contributed by atoms with Crippen LogP contribution in [0.4, 0.5) is 0 Å². The van der Waals surface area contributed by atoms with E-state index in [0.29, 0.717) is 30.6 Å². The summed E-state index contributed by atoms with van der Waals surface area (Å²) in [6, 6.07) is 0. The van der Waals surface area contributed by atoms with Crippen molar-refractivity contribution in [3.05, 3.63) is 27.2 Å². The molecule has 0 aliphatic heterocycles. The molecule has 1 rings (SSSR count). The fourth-order valence-electron chi connectivity index (χ4n) is 1.59. The number of aromatic nitrogens is 2. The van der Waals surface area contributed by atoms with Crippen molar-refractivity contribution in [2.24, 2.45) is 0 Å². The van der Waals surface area contributed by atoms with E-state index in [1.165, 1.54) is 0 Å². The number of nitrogens with zero attached hydrogens (tertiary/aromatic N) is 1. The smallest absolute Gasteiger partial charge is 0.303 e. The van der Waals surface area contributed by atoms with Crippen LogP contribution in [0.25, 0.3) is 0 Å². The Kier molecular flexibility index (Phi) is 5.23. The average Bonchev–Trinajstić information content (AvgIpc) is 2.33. The number of carbonyl (C=O) groups excluding carboxylic acids is 1. The number of nitrogens with one attached hydrogen (secondary N) is 2. The summed E-state index contributed by atoms with van der Waals surface area (Å²) in [5.41, 5.74) is 0.680. The zero-order valence-electron chi connectivity index (χ0n) is 10.9. The van der Waals surface area contributed by atoms with Gasteiger partial charge in [-0.2, -0.15) is 5.10 Å². The molecule has 0 saturated heterocycles. The van der Waals surface area contributed by atoms with Crippen LogP contribution in [0, 0.1) is 13.8 Å². The predicted octanol–water partition coefficient (Wildman–Crippen LogP) is 0.371. The van der Waals surface area contributed by atoms with Crippen molar-refractivity contribution in [2.75, 3.05) is 6.54 Å². The second kappa shape index (κ2) is 6.67. The lowest BCUT2D eigenvalue weighted by molar-refractivity contribution is -0.137. The zero-order valence-corrected chi connectivity index (χ0v) is 10.9. The number of amides is 1. The van der Waals surface area contributed by atoms with Crippen molar-refractivity contribution < 1.29 is 14.7 Å². The van der Waals surface area contributed by atoms with Gasteiger partial charge < -0.3 is 10.4 Å². The molecular weight excluding hydrogens is 250 g/mol. The van der Waals surface area contributed by atoms with Crippen LogP contribution in [0.3, 0.4) is 0 Å². The van der Waals surface area contributed by atoms with Gasteiger partial charge >= 0.3 is 5.97 Å². The summed E-state index contributed by atoms with van der Waals surface area (Å²) in [4.78, 5) is 33.7. The second-order valence-corrected chi connectivity index (χ2v) is 4.24. The molecule has 0 saturated carbocycles. The molecule has 0 fully saturated rings. The Balaban J connectivity index is 2.57. The van der Waals surface area contributed by atoms with E-state index in [1.807, 2.05) is 0 Å². The average molecular weight is 267 g/mol. The standard InChI is InChI=1S/C12H17N3O4/c1-7-8(2)14-15-12(19)10(7)11(18)13-6-4-3-5-9(16)17/h3-6H2,1-2H3,(H,13,18)(H,15,19)(H,16,17). The number of aryl methyl sites for hydroxylation is 1. The number of unbranched alkanes of at least 4 members (excludes halogenated alkanes) is 1. The molecule has 0 aliphatic rings. The third-order valence-corrected chi connectivity index (χ3v) is 2.80. The van der Waals surface area contributed by atoms with Crippen molar-refractivity contribution in [3.63, 3.8) is 0 Å². The molecule has 19 heavy (non-hydrogen) atoms. The molecule has 3 N–H and O–H groups in total. The highest BCUT2D eigenvalue weighted by Gasteiger charge is 2.15. The normalized spacial score (nSPS) is 10.2. The molecule has 104 valence electrons. The van der Waals surface area contributed by atoms with Crippen LogP contribution in [-0.4, -0.2) is 33.7 Å². The molecule has 1 aromatic rings. The highest BCUT2D eigenvalue weighted by molar-refractivity contribution is 5.95. The van der Waals surface area contributed by atoms with E-state index in [9.17, 15) is 14.4 Å². The summed E-state index contributed by atoms with van der Waals surface area (Å²) in [5.74, 6) is -1.32. The van der Waals surface area contributed by atoms with E-state index in [2.05, 4.69) is 15.5 Å². The molecule has 7 nitrogen and oxygen atoms in total. The van der Waals surface area contributed by atoms with Gasteiger partial charge in [0.2, 0.25) is 0 Å². The second-order valence-electron chi connectivity index (χ2n) is 4.24. The van der Waals surface area contributed by atoms with Crippen LogP contribution in [-0.2, 0) is 4.79 Å². The molecule has 1 amide bonds. The number of hydrogen-bond acceptors (Lipinski definition) is 4. The van der Waals surface area contributed by atoms with Gasteiger partial charge in [-0.25, -0.2) is 5.10 Å². The van der Waals surface area contributed by atoms with Gasteiger partial charge in [0.1, 0.15) is 5.56 Å². The number of carboxylic acids is 1. The van der Waals surface area contributed by atoms with Crippen LogP contribution in [0.15, 0.2) is 4.79 Å². The third-order valence-electron chi connectivity index (χ3n) is 2.80. The summed E-state index contributed by atoms with van der Waals surface area (Å²) in [7, 11) is 0. The first kappa shape index (κ1) is 14.9. The Morgan fingerprint density at radius 2 is 2.00 bits per heavy atom. The van der Waals surface area contributed by atoms with E-state index in [-0.39, 0.29) is 12.0 Å². The highest BCUT2D eigenvalue weighted by atomic mass is 16.4. The molecule has 1 heterocycles. The summed E-state index contributed by atoms with van der Waals surface area (Å²) in [5, 5.41) is 17.1. The van der Waals surface area contributed by atoms with E-state index in [1.54, 1.807) is 13.8 Å². The topological polar surface area (TPSA) is 112 Å².